The van der Waals surface area contributed by atoms with Crippen molar-refractivity contribution in [2.75, 3.05) is 12.0 Å². The van der Waals surface area contributed by atoms with Crippen molar-refractivity contribution in [2.24, 2.45) is 23.7 Å². The number of amides is 2. The Kier molecular flexibility index (Phi) is 7.41. The third kappa shape index (κ3) is 4.56. The molecule has 4 aliphatic rings. The highest BCUT2D eigenvalue weighted by atomic mass is 35.5. The fourth-order valence-electron chi connectivity index (χ4n) is 9.00. The summed E-state index contributed by atoms with van der Waals surface area (Å²) in [7, 11) is 1.50. The van der Waals surface area contributed by atoms with E-state index in [2.05, 4.69) is 0 Å². The standard InChI is InChI=1S/C41H32ClNO6/c1-49-34-20-27(44)16-17-29(34)37-28-18-19-30-36(40(48)43(39(30)47)26-14-12-25(42)13-15-26)32(28)21-33-38(46)31(23-8-4-2-5-9-23)22-35(45)41(33,37)24-10-6-3-7-11-24/h2-18,20,22,30,32-33,36-37,44H,19,21H2,1H3/t30-,32+,33-,36-,37+,41-/m0/s1. The van der Waals surface area contributed by atoms with Crippen LogP contribution in [0, 0.1) is 23.7 Å². The summed E-state index contributed by atoms with van der Waals surface area (Å²) < 4.78 is 5.84. The van der Waals surface area contributed by atoms with Crippen molar-refractivity contribution in [3.8, 4) is 11.5 Å². The van der Waals surface area contributed by atoms with Crippen molar-refractivity contribution in [1.29, 1.82) is 0 Å². The number of hydrogen-bond acceptors (Lipinski definition) is 6. The van der Waals surface area contributed by atoms with Gasteiger partial charge in [0.15, 0.2) is 11.6 Å². The number of ketones is 2. The van der Waals surface area contributed by atoms with E-state index in [1.165, 1.54) is 24.2 Å². The van der Waals surface area contributed by atoms with E-state index in [4.69, 9.17) is 16.3 Å². The molecule has 3 aliphatic carbocycles. The maximum atomic E-state index is 15.1. The number of ether oxygens (including phenoxy) is 1. The average Bonchev–Trinajstić information content (AvgIpc) is 3.39. The second-order valence-corrected chi connectivity index (χ2v) is 13.6. The number of imide groups is 1. The number of fused-ring (bicyclic) bond motifs is 4. The lowest BCUT2D eigenvalue weighted by Gasteiger charge is -2.55. The number of nitrogens with zero attached hydrogens (tertiary/aromatic N) is 1. The smallest absolute Gasteiger partial charge is 0.238 e. The summed E-state index contributed by atoms with van der Waals surface area (Å²) >= 11 is 6.14. The van der Waals surface area contributed by atoms with Gasteiger partial charge in [-0.2, -0.15) is 0 Å². The summed E-state index contributed by atoms with van der Waals surface area (Å²) in [5.41, 5.74) is 2.15. The molecule has 1 saturated carbocycles. The fourth-order valence-corrected chi connectivity index (χ4v) is 9.13. The van der Waals surface area contributed by atoms with Gasteiger partial charge < -0.3 is 9.84 Å². The molecule has 0 bridgehead atoms. The number of methoxy groups -OCH3 is 1. The van der Waals surface area contributed by atoms with Crippen molar-refractivity contribution < 1.29 is 29.0 Å². The Morgan fingerprint density at radius 2 is 1.53 bits per heavy atom. The van der Waals surface area contributed by atoms with Crippen LogP contribution in [0.25, 0.3) is 5.57 Å². The van der Waals surface area contributed by atoms with Crippen LogP contribution in [-0.4, -0.2) is 35.6 Å². The maximum absolute atomic E-state index is 15.1. The van der Waals surface area contributed by atoms with Crippen LogP contribution in [0.2, 0.25) is 5.02 Å². The quantitative estimate of drug-likeness (QED) is 0.180. The van der Waals surface area contributed by atoms with E-state index in [9.17, 15) is 14.7 Å². The van der Waals surface area contributed by atoms with E-state index in [1.54, 1.807) is 36.4 Å². The first-order valence-electron chi connectivity index (χ1n) is 16.4. The first kappa shape index (κ1) is 31.0. The molecule has 0 spiro atoms. The highest BCUT2D eigenvalue weighted by Crippen LogP contribution is 2.64. The van der Waals surface area contributed by atoms with Crippen molar-refractivity contribution in [2.45, 2.75) is 24.2 Å². The summed E-state index contributed by atoms with van der Waals surface area (Å²) in [4.78, 5) is 59.8. The van der Waals surface area contributed by atoms with Crippen molar-refractivity contribution in [3.63, 3.8) is 0 Å². The lowest BCUT2D eigenvalue weighted by Crippen LogP contribution is -2.58. The minimum absolute atomic E-state index is 0.0107. The lowest BCUT2D eigenvalue weighted by molar-refractivity contribution is -0.135. The molecule has 1 aliphatic heterocycles. The fraction of sp³-hybridized carbons (Fsp3) is 0.220. The SMILES string of the molecule is COc1cc(O)ccc1[C@H]1C2=CC[C@@H]3C(=O)N(c4ccc(Cl)cc4)C(=O)[C@@H]3[C@@H]2C[C@H]2C(=O)C(c3ccccc3)=CC(=O)[C@@]12c1ccccc1. The average molecular weight is 670 g/mol. The molecule has 49 heavy (non-hydrogen) atoms. The number of allylic oxidation sites excluding steroid dienone is 4. The molecule has 7 nitrogen and oxygen atoms in total. The third-order valence-electron chi connectivity index (χ3n) is 11.0. The molecule has 6 atom stereocenters. The Morgan fingerprint density at radius 3 is 2.22 bits per heavy atom. The van der Waals surface area contributed by atoms with Crippen LogP contribution < -0.4 is 9.64 Å². The molecule has 2 fully saturated rings. The number of halogens is 1. The molecule has 8 rings (SSSR count). The summed E-state index contributed by atoms with van der Waals surface area (Å²) in [6.07, 6.45) is 3.99. The van der Waals surface area contributed by atoms with Gasteiger partial charge in [0, 0.05) is 34.1 Å². The van der Waals surface area contributed by atoms with Crippen LogP contribution >= 0.6 is 11.6 Å². The molecule has 2 amide bonds. The predicted octanol–water partition coefficient (Wildman–Crippen LogP) is 7.08. The number of rotatable bonds is 5. The van der Waals surface area contributed by atoms with E-state index >= 15 is 9.59 Å². The third-order valence-corrected chi connectivity index (χ3v) is 11.2. The monoisotopic (exact) mass is 669 g/mol. The number of hydrogen-bond donors (Lipinski definition) is 1. The first-order valence-corrected chi connectivity index (χ1v) is 16.7. The van der Waals surface area contributed by atoms with Gasteiger partial charge in [-0.25, -0.2) is 0 Å². The van der Waals surface area contributed by atoms with Crippen LogP contribution in [0.1, 0.15) is 35.4 Å². The molecule has 244 valence electrons. The van der Waals surface area contributed by atoms with Crippen LogP contribution in [0.3, 0.4) is 0 Å². The molecule has 8 heteroatoms. The van der Waals surface area contributed by atoms with Crippen molar-refractivity contribution in [3.05, 3.63) is 143 Å². The minimum Gasteiger partial charge on any atom is -0.508 e. The maximum Gasteiger partial charge on any atom is 0.238 e. The topological polar surface area (TPSA) is 101 Å². The summed E-state index contributed by atoms with van der Waals surface area (Å²) in [6, 6.07) is 29.9. The Labute approximate surface area is 288 Å². The second kappa shape index (κ2) is 11.7. The predicted molar refractivity (Wildman–Crippen MR) is 185 cm³/mol. The molecule has 1 saturated heterocycles. The van der Waals surface area contributed by atoms with Crippen molar-refractivity contribution >= 4 is 46.2 Å². The number of phenols is 1. The second-order valence-electron chi connectivity index (χ2n) is 13.2. The van der Waals surface area contributed by atoms with Gasteiger partial charge in [-0.05, 0) is 66.3 Å². The van der Waals surface area contributed by atoms with Crippen LogP contribution in [0.5, 0.6) is 11.5 Å². The zero-order valence-electron chi connectivity index (χ0n) is 26.6. The number of carbonyl (C=O) groups excluding carboxylic acids is 4. The number of phenolic OH excluding ortho intramolecular Hbond substituents is 1. The van der Waals surface area contributed by atoms with Gasteiger partial charge in [0.05, 0.1) is 30.0 Å². The Balaban J connectivity index is 1.37. The van der Waals surface area contributed by atoms with E-state index in [-0.39, 0.29) is 35.6 Å². The minimum atomic E-state index is -1.39. The first-order chi connectivity index (χ1) is 23.7. The van der Waals surface area contributed by atoms with Gasteiger partial charge in [0.1, 0.15) is 11.5 Å². The van der Waals surface area contributed by atoms with Gasteiger partial charge in [0.2, 0.25) is 11.8 Å². The van der Waals surface area contributed by atoms with E-state index < -0.39 is 35.0 Å². The summed E-state index contributed by atoms with van der Waals surface area (Å²) in [6.45, 7) is 0. The summed E-state index contributed by atoms with van der Waals surface area (Å²) in [5.74, 6) is -4.19. The van der Waals surface area contributed by atoms with Gasteiger partial charge in [-0.3, -0.25) is 24.1 Å². The highest BCUT2D eigenvalue weighted by Gasteiger charge is 2.66. The van der Waals surface area contributed by atoms with E-state index in [1.807, 2.05) is 66.7 Å². The van der Waals surface area contributed by atoms with Crippen molar-refractivity contribution in [1.82, 2.24) is 0 Å². The summed E-state index contributed by atoms with van der Waals surface area (Å²) in [5, 5.41) is 11.0. The highest BCUT2D eigenvalue weighted by molar-refractivity contribution is 6.32. The number of Topliss-reactive ketones (excluding diaryl/α,β-unsaturated/α-hetero) is 1. The molecule has 1 N–H and O–H groups in total. The van der Waals surface area contributed by atoms with Gasteiger partial charge in [-0.15, -0.1) is 0 Å². The zero-order chi connectivity index (χ0) is 34.0. The van der Waals surface area contributed by atoms with Crippen LogP contribution in [-0.2, 0) is 24.6 Å². The molecular weight excluding hydrogens is 638 g/mol. The van der Waals surface area contributed by atoms with Crippen LogP contribution in [0.4, 0.5) is 5.69 Å². The molecule has 4 aromatic carbocycles. The Hall–Kier alpha value is -5.27. The zero-order valence-corrected chi connectivity index (χ0v) is 27.3. The largest absolute Gasteiger partial charge is 0.508 e. The lowest BCUT2D eigenvalue weighted by atomic mass is 9.44. The molecule has 4 aromatic rings. The number of carbonyl (C=O) groups is 4. The molecule has 1 heterocycles. The number of anilines is 1. The molecular formula is C41H32ClNO6. The van der Waals surface area contributed by atoms with Gasteiger partial charge >= 0.3 is 0 Å². The van der Waals surface area contributed by atoms with Crippen LogP contribution in [0.15, 0.2) is 121 Å². The van der Waals surface area contributed by atoms with E-state index in [0.29, 0.717) is 45.1 Å². The molecule has 0 radical (unpaired) electrons. The molecule has 0 aromatic heterocycles. The Bertz CT molecular complexity index is 2090. The van der Waals surface area contributed by atoms with Gasteiger partial charge in [-0.1, -0.05) is 90.0 Å². The van der Waals surface area contributed by atoms with E-state index in [0.717, 1.165) is 5.57 Å². The normalized spacial score (nSPS) is 27.6. The molecule has 0 unspecified atom stereocenters. The number of benzene rings is 4. The van der Waals surface area contributed by atoms with Gasteiger partial charge in [0.25, 0.3) is 0 Å². The number of aromatic hydroxyl groups is 1. The Morgan fingerprint density at radius 1 is 0.837 bits per heavy atom.